The smallest absolute Gasteiger partial charge is 0.462 e. The Morgan fingerprint density at radius 1 is 0.300 bits per heavy atom. The minimum absolute atomic E-state index is 0.103. The van der Waals surface area contributed by atoms with Crippen molar-refractivity contribution in [1.29, 1.82) is 0 Å². The van der Waals surface area contributed by atoms with Gasteiger partial charge in [-0.3, -0.25) is 37.3 Å². The van der Waals surface area contributed by atoms with E-state index in [0.717, 1.165) is 102 Å². The molecule has 5 atom stereocenters. The van der Waals surface area contributed by atoms with E-state index in [9.17, 15) is 43.2 Å². The number of hydrogen-bond donors (Lipinski definition) is 3. The Morgan fingerprint density at radius 2 is 0.511 bits per heavy atom. The molecule has 534 valence electrons. The highest BCUT2D eigenvalue weighted by molar-refractivity contribution is 7.47. The van der Waals surface area contributed by atoms with Gasteiger partial charge in [0.2, 0.25) is 0 Å². The Morgan fingerprint density at radius 3 is 0.756 bits per heavy atom. The van der Waals surface area contributed by atoms with E-state index in [4.69, 9.17) is 37.0 Å². The molecule has 0 aliphatic rings. The van der Waals surface area contributed by atoms with Crippen molar-refractivity contribution in [2.75, 3.05) is 39.6 Å². The van der Waals surface area contributed by atoms with Gasteiger partial charge in [-0.15, -0.1) is 0 Å². The SMILES string of the molecule is CCCCCCCCCCCC(=O)OC[C@H](COP(=O)(O)OC[C@H](O)COP(=O)(O)OC[C@@H](COC(=O)CCCCCCCCCC(C)C)OC(=O)CCCCCCCCCCCCCCCCCCCCC(C)C)OC(=O)CCCCCCCCCC(C)C. The molecule has 0 radical (unpaired) electrons. The highest BCUT2D eigenvalue weighted by Crippen LogP contribution is 2.45. The third-order valence-corrected chi connectivity index (χ3v) is 18.3. The summed E-state index contributed by atoms with van der Waals surface area (Å²) in [7, 11) is -9.90. The number of esters is 4. The van der Waals surface area contributed by atoms with Crippen LogP contribution in [0.3, 0.4) is 0 Å². The molecule has 19 heteroatoms. The summed E-state index contributed by atoms with van der Waals surface area (Å²) in [6, 6.07) is 0. The van der Waals surface area contributed by atoms with E-state index in [1.54, 1.807) is 0 Å². The second-order valence-corrected chi connectivity index (χ2v) is 30.0. The van der Waals surface area contributed by atoms with Gasteiger partial charge in [0.1, 0.15) is 19.3 Å². The van der Waals surface area contributed by atoms with Gasteiger partial charge in [-0.2, -0.15) is 0 Å². The van der Waals surface area contributed by atoms with Crippen molar-refractivity contribution in [2.45, 2.75) is 375 Å². The topological polar surface area (TPSA) is 237 Å². The van der Waals surface area contributed by atoms with Crippen molar-refractivity contribution in [3.05, 3.63) is 0 Å². The fourth-order valence-corrected chi connectivity index (χ4v) is 12.3. The summed E-state index contributed by atoms with van der Waals surface area (Å²) in [5, 5.41) is 10.6. The lowest BCUT2D eigenvalue weighted by Gasteiger charge is -2.21. The Hall–Kier alpha value is -1.94. The molecule has 17 nitrogen and oxygen atoms in total. The zero-order chi connectivity index (χ0) is 66.6. The number of ether oxygens (including phenoxy) is 4. The zero-order valence-electron chi connectivity index (χ0n) is 58.6. The zero-order valence-corrected chi connectivity index (χ0v) is 60.4. The third-order valence-electron chi connectivity index (χ3n) is 16.4. The van der Waals surface area contributed by atoms with Crippen LogP contribution in [-0.4, -0.2) is 96.7 Å². The summed E-state index contributed by atoms with van der Waals surface area (Å²) in [6.45, 7) is 11.8. The number of phosphoric ester groups is 2. The minimum atomic E-state index is -4.95. The van der Waals surface area contributed by atoms with Crippen molar-refractivity contribution in [1.82, 2.24) is 0 Å². The highest BCUT2D eigenvalue weighted by atomic mass is 31.2. The van der Waals surface area contributed by atoms with Gasteiger partial charge >= 0.3 is 39.5 Å². The number of rotatable bonds is 69. The van der Waals surface area contributed by atoms with Gasteiger partial charge in [0.25, 0.3) is 0 Å². The third kappa shape index (κ3) is 64.8. The number of aliphatic hydroxyl groups excluding tert-OH is 1. The quantitative estimate of drug-likeness (QED) is 0.0222. The molecule has 0 aliphatic heterocycles. The van der Waals surface area contributed by atoms with Crippen molar-refractivity contribution in [2.24, 2.45) is 17.8 Å². The molecule has 0 saturated carbocycles. The fourth-order valence-electron chi connectivity index (χ4n) is 10.7. The van der Waals surface area contributed by atoms with Crippen LogP contribution in [0.25, 0.3) is 0 Å². The summed E-state index contributed by atoms with van der Waals surface area (Å²) in [5.41, 5.74) is 0. The molecule has 3 N–H and O–H groups in total. The average Bonchev–Trinajstić information content (AvgIpc) is 3.62. The lowest BCUT2D eigenvalue weighted by molar-refractivity contribution is -0.161. The number of phosphoric acid groups is 2. The molecule has 0 bridgehead atoms. The van der Waals surface area contributed by atoms with E-state index in [0.29, 0.717) is 37.5 Å². The normalized spacial score (nSPS) is 14.2. The average molecular weight is 1330 g/mol. The van der Waals surface area contributed by atoms with Gasteiger partial charge in [-0.1, -0.05) is 305 Å². The molecule has 0 aromatic heterocycles. The van der Waals surface area contributed by atoms with Crippen LogP contribution in [0.1, 0.15) is 357 Å². The van der Waals surface area contributed by atoms with Crippen LogP contribution in [0, 0.1) is 17.8 Å². The van der Waals surface area contributed by atoms with Gasteiger partial charge in [-0.25, -0.2) is 9.13 Å². The summed E-state index contributed by atoms with van der Waals surface area (Å²) < 4.78 is 68.2. The second-order valence-electron chi connectivity index (χ2n) is 27.1. The van der Waals surface area contributed by atoms with Crippen LogP contribution in [0.15, 0.2) is 0 Å². The lowest BCUT2D eigenvalue weighted by atomic mass is 10.0. The first kappa shape index (κ1) is 88.1. The molecule has 0 amide bonds. The maximum atomic E-state index is 13.0. The number of carbonyl (C=O) groups is 4. The summed E-state index contributed by atoms with van der Waals surface area (Å²) in [6.07, 6.45) is 46.2. The Labute approximate surface area is 549 Å². The van der Waals surface area contributed by atoms with E-state index in [1.165, 1.54) is 161 Å². The van der Waals surface area contributed by atoms with E-state index in [-0.39, 0.29) is 25.7 Å². The summed E-state index contributed by atoms with van der Waals surface area (Å²) >= 11 is 0. The molecule has 0 heterocycles. The van der Waals surface area contributed by atoms with Crippen molar-refractivity contribution >= 4 is 39.5 Å². The minimum Gasteiger partial charge on any atom is -0.462 e. The molecule has 0 rings (SSSR count). The Balaban J connectivity index is 5.14. The van der Waals surface area contributed by atoms with Gasteiger partial charge in [0.15, 0.2) is 12.2 Å². The first-order chi connectivity index (χ1) is 43.2. The molecule has 0 fully saturated rings. The highest BCUT2D eigenvalue weighted by Gasteiger charge is 2.30. The molecule has 0 saturated heterocycles. The van der Waals surface area contributed by atoms with E-state index in [1.807, 2.05) is 0 Å². The van der Waals surface area contributed by atoms with Crippen molar-refractivity contribution in [3.63, 3.8) is 0 Å². The number of unbranched alkanes of at least 4 members (excludes halogenated alkanes) is 37. The van der Waals surface area contributed by atoms with Crippen LogP contribution in [-0.2, 0) is 65.4 Å². The maximum absolute atomic E-state index is 13.0. The first-order valence-electron chi connectivity index (χ1n) is 36.8. The van der Waals surface area contributed by atoms with Crippen LogP contribution >= 0.6 is 15.6 Å². The first-order valence-corrected chi connectivity index (χ1v) is 39.8. The largest absolute Gasteiger partial charge is 0.472 e. The monoisotopic (exact) mass is 1320 g/mol. The molecular formula is C71H138O17P2. The number of carbonyl (C=O) groups excluding carboxylic acids is 4. The molecule has 2 unspecified atom stereocenters. The Kier molecular flexibility index (Phi) is 60.6. The van der Waals surface area contributed by atoms with Crippen LogP contribution in [0.2, 0.25) is 0 Å². The Bertz CT molecular complexity index is 1770. The predicted octanol–water partition coefficient (Wildman–Crippen LogP) is 20.2. The van der Waals surface area contributed by atoms with E-state index < -0.39 is 97.5 Å². The van der Waals surface area contributed by atoms with Crippen molar-refractivity contribution in [3.8, 4) is 0 Å². The number of hydrogen-bond acceptors (Lipinski definition) is 15. The summed E-state index contributed by atoms with van der Waals surface area (Å²) in [5.74, 6) is 0.0907. The number of aliphatic hydroxyl groups is 1. The standard InChI is InChI=1S/C71H138O17P2/c1-8-9-10-11-12-23-31-38-45-52-68(73)81-58-67(88-71(76)55-48-41-34-27-30-37-44-51-64(6)7)61-86-90(79,80)84-57-65(72)56-83-89(77,78)85-60-66(59-82-69(74)53-46-39-33-26-29-36-43-50-63(4)5)87-70(75)54-47-40-32-25-22-20-18-16-14-13-15-17-19-21-24-28-35-42-49-62(2)3/h62-67,72H,8-61H2,1-7H3,(H,77,78)(H,79,80)/t65-,66-,67-/m1/s1. The molecule has 0 aromatic rings. The fraction of sp³-hybridized carbons (Fsp3) is 0.944. The predicted molar refractivity (Wildman–Crippen MR) is 363 cm³/mol. The van der Waals surface area contributed by atoms with Gasteiger partial charge in [0.05, 0.1) is 26.4 Å². The molecule has 0 aromatic carbocycles. The molecular weight excluding hydrogens is 1190 g/mol. The van der Waals surface area contributed by atoms with Crippen LogP contribution < -0.4 is 0 Å². The van der Waals surface area contributed by atoms with Gasteiger partial charge in [0, 0.05) is 25.7 Å². The molecule has 0 aliphatic carbocycles. The van der Waals surface area contributed by atoms with Crippen molar-refractivity contribution < 1.29 is 80.2 Å². The van der Waals surface area contributed by atoms with Crippen LogP contribution in [0.5, 0.6) is 0 Å². The maximum Gasteiger partial charge on any atom is 0.472 e. The molecule has 0 spiro atoms. The van der Waals surface area contributed by atoms with Gasteiger partial charge < -0.3 is 33.8 Å². The second kappa shape index (κ2) is 61.9. The molecule has 90 heavy (non-hydrogen) atoms. The van der Waals surface area contributed by atoms with Gasteiger partial charge in [-0.05, 0) is 43.4 Å². The van der Waals surface area contributed by atoms with E-state index in [2.05, 4.69) is 48.5 Å². The van der Waals surface area contributed by atoms with E-state index >= 15 is 0 Å². The van der Waals surface area contributed by atoms with Crippen LogP contribution in [0.4, 0.5) is 0 Å². The summed E-state index contributed by atoms with van der Waals surface area (Å²) in [4.78, 5) is 72.4. The lowest BCUT2D eigenvalue weighted by Crippen LogP contribution is -2.30.